The van der Waals surface area contributed by atoms with E-state index in [9.17, 15) is 4.79 Å². The molecule has 2 N–H and O–H groups in total. The van der Waals surface area contributed by atoms with Crippen molar-refractivity contribution in [3.8, 4) is 0 Å². The molecule has 0 saturated carbocycles. The van der Waals surface area contributed by atoms with Gasteiger partial charge in [0.05, 0.1) is 0 Å². The number of aliphatic carboxylic acids is 1. The van der Waals surface area contributed by atoms with Gasteiger partial charge in [-0.1, -0.05) is 36.7 Å². The molecule has 0 fully saturated rings. The maximum Gasteiger partial charge on any atom is 0.331 e. The topological polar surface area (TPSA) is 49.3 Å². The normalized spacial score (nSPS) is 13.4. The third kappa shape index (κ3) is 4.51. The molecule has 0 amide bonds. The number of carboxylic acid groups (broad SMARTS) is 1. The first kappa shape index (κ1) is 14.7. The molecule has 1 rings (SSSR count). The van der Waals surface area contributed by atoms with Gasteiger partial charge in [-0.3, -0.25) is 0 Å². The summed E-state index contributed by atoms with van der Waals surface area (Å²) < 4.78 is 0. The zero-order chi connectivity index (χ0) is 13.5. The van der Waals surface area contributed by atoms with Gasteiger partial charge in [-0.05, 0) is 31.0 Å². The molecule has 0 aliphatic carbocycles. The van der Waals surface area contributed by atoms with Crippen LogP contribution in [0.4, 0.5) is 0 Å². The summed E-state index contributed by atoms with van der Waals surface area (Å²) in [7, 11) is 0. The van der Waals surface area contributed by atoms with Crippen molar-refractivity contribution in [1.82, 2.24) is 5.32 Å². The summed E-state index contributed by atoms with van der Waals surface area (Å²) in [5.41, 5.74) is 1.52. The predicted octanol–water partition coefficient (Wildman–Crippen LogP) is 3.41. The largest absolute Gasteiger partial charge is 0.478 e. The third-order valence-electron chi connectivity index (χ3n) is 2.78. The highest BCUT2D eigenvalue weighted by Gasteiger charge is 2.06. The number of hydrogen-bond acceptors (Lipinski definition) is 2. The SMILES string of the molecule is CC/C(=C/CNC(C)c1cccc(Cl)c1)C(=O)O. The Bertz CT molecular complexity index is 443. The van der Waals surface area contributed by atoms with Crippen molar-refractivity contribution in [2.24, 2.45) is 0 Å². The molecule has 1 aromatic carbocycles. The Hall–Kier alpha value is -1.32. The Balaban J connectivity index is 2.56. The van der Waals surface area contributed by atoms with Gasteiger partial charge in [0.1, 0.15) is 0 Å². The number of benzene rings is 1. The second kappa shape index (κ2) is 7.19. The monoisotopic (exact) mass is 267 g/mol. The van der Waals surface area contributed by atoms with E-state index in [1.165, 1.54) is 0 Å². The van der Waals surface area contributed by atoms with E-state index in [0.29, 0.717) is 23.6 Å². The molecular weight excluding hydrogens is 250 g/mol. The zero-order valence-corrected chi connectivity index (χ0v) is 11.4. The van der Waals surface area contributed by atoms with E-state index in [0.717, 1.165) is 5.56 Å². The first-order chi connectivity index (χ1) is 8.54. The summed E-state index contributed by atoms with van der Waals surface area (Å²) in [6.07, 6.45) is 2.24. The van der Waals surface area contributed by atoms with Crippen LogP contribution in [0.1, 0.15) is 31.9 Å². The second-order valence-corrected chi connectivity index (χ2v) is 4.51. The second-order valence-electron chi connectivity index (χ2n) is 4.07. The highest BCUT2D eigenvalue weighted by atomic mass is 35.5. The maximum absolute atomic E-state index is 10.8. The van der Waals surface area contributed by atoms with Crippen molar-refractivity contribution in [2.75, 3.05) is 6.54 Å². The summed E-state index contributed by atoms with van der Waals surface area (Å²) >= 11 is 5.92. The minimum Gasteiger partial charge on any atom is -0.478 e. The van der Waals surface area contributed by atoms with Crippen LogP contribution < -0.4 is 5.32 Å². The molecule has 0 bridgehead atoms. The van der Waals surface area contributed by atoms with E-state index in [4.69, 9.17) is 16.7 Å². The summed E-state index contributed by atoms with van der Waals surface area (Å²) in [5, 5.41) is 12.8. The first-order valence-electron chi connectivity index (χ1n) is 5.95. The number of carbonyl (C=O) groups is 1. The Labute approximate surface area is 112 Å². The fourth-order valence-electron chi connectivity index (χ4n) is 1.64. The lowest BCUT2D eigenvalue weighted by atomic mass is 10.1. The Morgan fingerprint density at radius 2 is 2.28 bits per heavy atom. The Morgan fingerprint density at radius 1 is 1.56 bits per heavy atom. The van der Waals surface area contributed by atoms with Crippen LogP contribution in [0.2, 0.25) is 5.02 Å². The van der Waals surface area contributed by atoms with E-state index in [2.05, 4.69) is 5.32 Å². The average Bonchev–Trinajstić information content (AvgIpc) is 2.34. The number of nitrogens with one attached hydrogen (secondary N) is 1. The van der Waals surface area contributed by atoms with Gasteiger partial charge in [0.25, 0.3) is 0 Å². The number of halogens is 1. The number of rotatable bonds is 6. The minimum absolute atomic E-state index is 0.131. The van der Waals surface area contributed by atoms with E-state index in [1.807, 2.05) is 38.1 Å². The van der Waals surface area contributed by atoms with E-state index >= 15 is 0 Å². The fraction of sp³-hybridized carbons (Fsp3) is 0.357. The van der Waals surface area contributed by atoms with Crippen LogP contribution in [0.25, 0.3) is 0 Å². The van der Waals surface area contributed by atoms with Crippen LogP contribution in [0, 0.1) is 0 Å². The van der Waals surface area contributed by atoms with Crippen LogP contribution in [0.3, 0.4) is 0 Å². The quantitative estimate of drug-likeness (QED) is 0.777. The molecule has 0 aliphatic rings. The van der Waals surface area contributed by atoms with Crippen LogP contribution in [-0.4, -0.2) is 17.6 Å². The van der Waals surface area contributed by atoms with Gasteiger partial charge in [-0.2, -0.15) is 0 Å². The van der Waals surface area contributed by atoms with Gasteiger partial charge in [-0.15, -0.1) is 0 Å². The van der Waals surface area contributed by atoms with Gasteiger partial charge < -0.3 is 10.4 Å². The van der Waals surface area contributed by atoms with E-state index in [1.54, 1.807) is 6.08 Å². The molecular formula is C14H18ClNO2. The van der Waals surface area contributed by atoms with Crippen molar-refractivity contribution in [2.45, 2.75) is 26.3 Å². The minimum atomic E-state index is -0.852. The first-order valence-corrected chi connectivity index (χ1v) is 6.33. The lowest BCUT2D eigenvalue weighted by Crippen LogP contribution is -2.19. The summed E-state index contributed by atoms with van der Waals surface area (Å²) in [6, 6.07) is 7.76. The van der Waals surface area contributed by atoms with Crippen LogP contribution in [0.15, 0.2) is 35.9 Å². The van der Waals surface area contributed by atoms with Crippen molar-refractivity contribution in [1.29, 1.82) is 0 Å². The number of carboxylic acids is 1. The molecule has 98 valence electrons. The van der Waals surface area contributed by atoms with Crippen molar-refractivity contribution in [3.63, 3.8) is 0 Å². The van der Waals surface area contributed by atoms with Crippen LogP contribution in [0.5, 0.6) is 0 Å². The number of hydrogen-bond donors (Lipinski definition) is 2. The van der Waals surface area contributed by atoms with Crippen LogP contribution in [-0.2, 0) is 4.79 Å². The fourth-order valence-corrected chi connectivity index (χ4v) is 1.83. The smallest absolute Gasteiger partial charge is 0.331 e. The van der Waals surface area contributed by atoms with Crippen LogP contribution >= 0.6 is 11.6 Å². The molecule has 1 atom stereocenters. The molecule has 1 aromatic rings. The van der Waals surface area contributed by atoms with Crippen molar-refractivity contribution >= 4 is 17.6 Å². The Morgan fingerprint density at radius 3 is 2.83 bits per heavy atom. The average molecular weight is 268 g/mol. The highest BCUT2D eigenvalue weighted by Crippen LogP contribution is 2.17. The highest BCUT2D eigenvalue weighted by molar-refractivity contribution is 6.30. The lowest BCUT2D eigenvalue weighted by molar-refractivity contribution is -0.132. The molecule has 0 aliphatic heterocycles. The van der Waals surface area contributed by atoms with Crippen molar-refractivity contribution in [3.05, 3.63) is 46.5 Å². The van der Waals surface area contributed by atoms with Gasteiger partial charge in [0.2, 0.25) is 0 Å². The molecule has 4 heteroatoms. The summed E-state index contributed by atoms with van der Waals surface area (Å²) in [4.78, 5) is 10.8. The predicted molar refractivity (Wildman–Crippen MR) is 73.9 cm³/mol. The molecule has 0 spiro atoms. The third-order valence-corrected chi connectivity index (χ3v) is 3.01. The molecule has 0 radical (unpaired) electrons. The molecule has 0 saturated heterocycles. The van der Waals surface area contributed by atoms with Gasteiger partial charge in [-0.25, -0.2) is 4.79 Å². The molecule has 0 heterocycles. The van der Waals surface area contributed by atoms with Crippen molar-refractivity contribution < 1.29 is 9.90 Å². The molecule has 18 heavy (non-hydrogen) atoms. The van der Waals surface area contributed by atoms with Gasteiger partial charge >= 0.3 is 5.97 Å². The molecule has 0 aromatic heterocycles. The maximum atomic E-state index is 10.8. The molecule has 1 unspecified atom stereocenters. The Kier molecular flexibility index (Phi) is 5.89. The standard InChI is InChI=1S/C14H18ClNO2/c1-3-11(14(17)18)7-8-16-10(2)12-5-4-6-13(15)9-12/h4-7,9-10,16H,3,8H2,1-2H3,(H,17,18)/b11-7-. The van der Waals surface area contributed by atoms with Gasteiger partial charge in [0, 0.05) is 23.2 Å². The van der Waals surface area contributed by atoms with E-state index in [-0.39, 0.29) is 6.04 Å². The lowest BCUT2D eigenvalue weighted by Gasteiger charge is -2.13. The van der Waals surface area contributed by atoms with Gasteiger partial charge in [0.15, 0.2) is 0 Å². The van der Waals surface area contributed by atoms with E-state index < -0.39 is 5.97 Å². The zero-order valence-electron chi connectivity index (χ0n) is 10.6. The summed E-state index contributed by atoms with van der Waals surface area (Å²) in [6.45, 7) is 4.38. The molecule has 3 nitrogen and oxygen atoms in total. The summed E-state index contributed by atoms with van der Waals surface area (Å²) in [5.74, 6) is -0.852.